The average molecular weight is 301 g/mol. The van der Waals surface area contributed by atoms with Crippen LogP contribution in [0, 0.1) is 13.8 Å². The zero-order valence-corrected chi connectivity index (χ0v) is 12.5. The van der Waals surface area contributed by atoms with E-state index < -0.39 is 11.8 Å². The Labute approximate surface area is 126 Å². The minimum absolute atomic E-state index is 0.568. The van der Waals surface area contributed by atoms with Gasteiger partial charge in [0, 0.05) is 15.4 Å². The van der Waals surface area contributed by atoms with Gasteiger partial charge < -0.3 is 5.32 Å². The van der Waals surface area contributed by atoms with Crippen LogP contribution in [-0.2, 0) is 9.59 Å². The van der Waals surface area contributed by atoms with E-state index in [-0.39, 0.29) is 0 Å². The van der Waals surface area contributed by atoms with Crippen molar-refractivity contribution in [3.05, 3.63) is 51.7 Å². The summed E-state index contributed by atoms with van der Waals surface area (Å²) >= 11 is 1.55. The second-order valence-corrected chi connectivity index (χ2v) is 5.79. The van der Waals surface area contributed by atoms with E-state index in [0.717, 1.165) is 15.3 Å². The van der Waals surface area contributed by atoms with E-state index in [9.17, 15) is 9.59 Å². The van der Waals surface area contributed by atoms with E-state index in [1.54, 1.807) is 23.5 Å². The molecule has 0 fully saturated rings. The van der Waals surface area contributed by atoms with Crippen LogP contribution in [0.4, 0.5) is 5.69 Å². The fraction of sp³-hybridized carbons (Fsp3) is 0.133. The minimum atomic E-state index is -0.805. The van der Waals surface area contributed by atoms with E-state index in [1.165, 1.54) is 6.21 Å². The summed E-state index contributed by atoms with van der Waals surface area (Å²) in [6.45, 7) is 3.93. The van der Waals surface area contributed by atoms with Crippen LogP contribution in [0.15, 0.2) is 41.5 Å². The van der Waals surface area contributed by atoms with Gasteiger partial charge in [-0.3, -0.25) is 9.59 Å². The van der Waals surface area contributed by atoms with Crippen molar-refractivity contribution >= 4 is 35.1 Å². The summed E-state index contributed by atoms with van der Waals surface area (Å²) in [6, 6.07) is 11.0. The lowest BCUT2D eigenvalue weighted by Crippen LogP contribution is -2.32. The number of carbonyl (C=O) groups is 2. The van der Waals surface area contributed by atoms with E-state index in [2.05, 4.69) is 15.8 Å². The zero-order valence-electron chi connectivity index (χ0n) is 11.7. The highest BCUT2D eigenvalue weighted by atomic mass is 32.1. The van der Waals surface area contributed by atoms with Crippen molar-refractivity contribution in [3.63, 3.8) is 0 Å². The zero-order chi connectivity index (χ0) is 15.2. The van der Waals surface area contributed by atoms with Gasteiger partial charge in [0.15, 0.2) is 0 Å². The number of amides is 2. The molecule has 0 unspecified atom stereocenters. The molecule has 0 saturated heterocycles. The van der Waals surface area contributed by atoms with Crippen molar-refractivity contribution in [3.8, 4) is 0 Å². The molecular weight excluding hydrogens is 286 g/mol. The van der Waals surface area contributed by atoms with Crippen molar-refractivity contribution in [2.24, 2.45) is 5.10 Å². The van der Waals surface area contributed by atoms with Gasteiger partial charge in [-0.2, -0.15) is 5.10 Å². The van der Waals surface area contributed by atoms with Crippen LogP contribution in [-0.4, -0.2) is 18.0 Å². The Bertz CT molecular complexity index is 674. The van der Waals surface area contributed by atoms with Crippen LogP contribution in [0.2, 0.25) is 0 Å². The Kier molecular flexibility index (Phi) is 4.84. The fourth-order valence-corrected chi connectivity index (χ4v) is 2.30. The van der Waals surface area contributed by atoms with E-state index in [1.807, 2.05) is 38.1 Å². The summed E-state index contributed by atoms with van der Waals surface area (Å²) in [7, 11) is 0. The number of benzene rings is 1. The molecule has 1 aromatic heterocycles. The Morgan fingerprint density at radius 2 is 1.76 bits per heavy atom. The number of aryl methyl sites for hydroxylation is 2. The maximum Gasteiger partial charge on any atom is 0.329 e. The number of rotatable bonds is 3. The summed E-state index contributed by atoms with van der Waals surface area (Å²) in [5, 5.41) is 6.26. The van der Waals surface area contributed by atoms with Crippen molar-refractivity contribution in [1.82, 2.24) is 5.43 Å². The number of hydrogen-bond donors (Lipinski definition) is 2. The Morgan fingerprint density at radius 3 is 2.38 bits per heavy atom. The third-order valence-electron chi connectivity index (χ3n) is 2.63. The van der Waals surface area contributed by atoms with Crippen LogP contribution < -0.4 is 10.7 Å². The lowest BCUT2D eigenvalue weighted by atomic mass is 10.2. The Hall–Kier alpha value is -2.47. The van der Waals surface area contributed by atoms with Gasteiger partial charge in [0.2, 0.25) is 0 Å². The molecule has 0 spiro atoms. The first kappa shape index (κ1) is 14.9. The third kappa shape index (κ3) is 4.54. The van der Waals surface area contributed by atoms with Gasteiger partial charge in [-0.15, -0.1) is 11.3 Å². The molecule has 6 heteroatoms. The van der Waals surface area contributed by atoms with Crippen LogP contribution in [0.25, 0.3) is 0 Å². The molecule has 0 aliphatic heterocycles. The van der Waals surface area contributed by atoms with E-state index in [0.29, 0.717) is 5.69 Å². The third-order valence-corrected chi connectivity index (χ3v) is 3.57. The summed E-state index contributed by atoms with van der Waals surface area (Å²) in [4.78, 5) is 25.3. The molecule has 0 atom stereocenters. The van der Waals surface area contributed by atoms with Gasteiger partial charge in [0.1, 0.15) is 0 Å². The standard InChI is InChI=1S/C15H15N3O2S/c1-10-3-6-12(7-4-10)17-14(19)15(20)18-16-9-13-8-5-11(2)21-13/h3-9H,1-2H3,(H,17,19)(H,18,20)/b16-9-. The summed E-state index contributed by atoms with van der Waals surface area (Å²) in [6.07, 6.45) is 1.51. The van der Waals surface area contributed by atoms with Crippen LogP contribution in [0.3, 0.4) is 0 Å². The van der Waals surface area contributed by atoms with Crippen molar-refractivity contribution in [2.75, 3.05) is 5.32 Å². The highest BCUT2D eigenvalue weighted by molar-refractivity contribution is 7.13. The van der Waals surface area contributed by atoms with Gasteiger partial charge in [-0.25, -0.2) is 5.43 Å². The first-order valence-electron chi connectivity index (χ1n) is 6.32. The number of anilines is 1. The van der Waals surface area contributed by atoms with Crippen LogP contribution in [0.1, 0.15) is 15.3 Å². The van der Waals surface area contributed by atoms with Crippen molar-refractivity contribution in [2.45, 2.75) is 13.8 Å². The van der Waals surface area contributed by atoms with E-state index in [4.69, 9.17) is 0 Å². The predicted octanol–water partition coefficient (Wildman–Crippen LogP) is 2.45. The monoisotopic (exact) mass is 301 g/mol. The van der Waals surface area contributed by atoms with Crippen LogP contribution >= 0.6 is 11.3 Å². The summed E-state index contributed by atoms with van der Waals surface area (Å²) < 4.78 is 0. The predicted molar refractivity (Wildman–Crippen MR) is 84.6 cm³/mol. The van der Waals surface area contributed by atoms with Crippen LogP contribution in [0.5, 0.6) is 0 Å². The maximum absolute atomic E-state index is 11.6. The molecule has 2 aromatic rings. The quantitative estimate of drug-likeness (QED) is 0.519. The lowest BCUT2D eigenvalue weighted by molar-refractivity contribution is -0.136. The normalized spacial score (nSPS) is 10.6. The molecule has 21 heavy (non-hydrogen) atoms. The molecule has 2 amide bonds. The molecule has 1 aromatic carbocycles. The highest BCUT2D eigenvalue weighted by Crippen LogP contribution is 2.12. The fourth-order valence-electron chi connectivity index (χ4n) is 1.55. The smallest absolute Gasteiger partial charge is 0.318 e. The number of nitrogens with one attached hydrogen (secondary N) is 2. The average Bonchev–Trinajstić information content (AvgIpc) is 2.87. The Balaban J connectivity index is 1.86. The topological polar surface area (TPSA) is 70.6 Å². The first-order valence-corrected chi connectivity index (χ1v) is 7.14. The molecule has 2 N–H and O–H groups in total. The SMILES string of the molecule is Cc1ccc(NC(=O)C(=O)N/N=C\c2ccc(C)s2)cc1. The minimum Gasteiger partial charge on any atom is -0.318 e. The number of thiophene rings is 1. The second-order valence-electron chi connectivity index (χ2n) is 4.47. The molecular formula is C15H15N3O2S. The largest absolute Gasteiger partial charge is 0.329 e. The molecule has 1 heterocycles. The molecule has 0 bridgehead atoms. The van der Waals surface area contributed by atoms with Crippen molar-refractivity contribution < 1.29 is 9.59 Å². The molecule has 2 rings (SSSR count). The molecule has 0 aliphatic rings. The number of carbonyl (C=O) groups excluding carboxylic acids is 2. The number of nitrogens with zero attached hydrogens (tertiary/aromatic N) is 1. The molecule has 5 nitrogen and oxygen atoms in total. The molecule has 0 saturated carbocycles. The first-order chi connectivity index (χ1) is 10.0. The molecule has 0 aliphatic carbocycles. The van der Waals surface area contributed by atoms with E-state index >= 15 is 0 Å². The van der Waals surface area contributed by atoms with Crippen molar-refractivity contribution in [1.29, 1.82) is 0 Å². The van der Waals surface area contributed by atoms with Gasteiger partial charge in [-0.1, -0.05) is 17.7 Å². The van der Waals surface area contributed by atoms with Gasteiger partial charge in [0.25, 0.3) is 0 Å². The molecule has 108 valence electrons. The van der Waals surface area contributed by atoms with Gasteiger partial charge in [0.05, 0.1) is 6.21 Å². The van der Waals surface area contributed by atoms with Gasteiger partial charge in [-0.05, 0) is 38.1 Å². The number of hydrazone groups is 1. The number of hydrogen-bond acceptors (Lipinski definition) is 4. The summed E-state index contributed by atoms with van der Waals surface area (Å²) in [5.41, 5.74) is 3.84. The molecule has 0 radical (unpaired) electrons. The lowest BCUT2D eigenvalue weighted by Gasteiger charge is -2.03. The second kappa shape index (κ2) is 6.81. The Morgan fingerprint density at radius 1 is 1.05 bits per heavy atom. The maximum atomic E-state index is 11.6. The van der Waals surface area contributed by atoms with Gasteiger partial charge >= 0.3 is 11.8 Å². The summed E-state index contributed by atoms with van der Waals surface area (Å²) in [5.74, 6) is -1.56. The highest BCUT2D eigenvalue weighted by Gasteiger charge is 2.12.